The van der Waals surface area contributed by atoms with E-state index in [9.17, 15) is 31.2 Å². The third-order valence-electron chi connectivity index (χ3n) is 5.16. The number of sulfonamides is 1. The molecule has 1 saturated heterocycles. The molecule has 0 bridgehead atoms. The largest absolute Gasteiger partial charge is 0.373 e. The molecule has 34 heavy (non-hydrogen) atoms. The molecule has 184 valence electrons. The fourth-order valence-electron chi connectivity index (χ4n) is 3.57. The van der Waals surface area contributed by atoms with Gasteiger partial charge in [-0.15, -0.1) is 0 Å². The van der Waals surface area contributed by atoms with E-state index in [1.807, 2.05) is 0 Å². The molecule has 1 heterocycles. The van der Waals surface area contributed by atoms with E-state index in [2.05, 4.69) is 5.32 Å². The predicted octanol–water partition coefficient (Wildman–Crippen LogP) is 2.61. The normalized spacial score (nSPS) is 19.0. The van der Waals surface area contributed by atoms with Gasteiger partial charge in [-0.25, -0.2) is 21.6 Å². The Hall–Kier alpha value is -2.96. The second-order valence-corrected chi connectivity index (χ2v) is 9.97. The van der Waals surface area contributed by atoms with Gasteiger partial charge in [0.25, 0.3) is 5.91 Å². The van der Waals surface area contributed by atoms with E-state index in [1.165, 1.54) is 35.6 Å². The van der Waals surface area contributed by atoms with Gasteiger partial charge in [-0.1, -0.05) is 0 Å². The summed E-state index contributed by atoms with van der Waals surface area (Å²) in [6, 6.07) is 6.78. The SMILES string of the molecule is C[C@@H]1CN(S(=O)(=O)c2ccc(C(=O)N(C)CC(=O)Nc3ccc(F)c(F)c3F)cc2)C[C@@H](C)O1. The van der Waals surface area contributed by atoms with Crippen molar-refractivity contribution >= 4 is 27.5 Å². The lowest BCUT2D eigenvalue weighted by Gasteiger charge is -2.34. The van der Waals surface area contributed by atoms with E-state index in [0.717, 1.165) is 11.0 Å². The number of likely N-dealkylation sites (N-methyl/N-ethyl adjacent to an activating group) is 1. The van der Waals surface area contributed by atoms with Gasteiger partial charge in [0.1, 0.15) is 0 Å². The van der Waals surface area contributed by atoms with Gasteiger partial charge in [0.15, 0.2) is 17.5 Å². The lowest BCUT2D eigenvalue weighted by atomic mass is 10.2. The van der Waals surface area contributed by atoms with E-state index in [0.29, 0.717) is 6.07 Å². The maximum atomic E-state index is 13.7. The van der Waals surface area contributed by atoms with Crippen LogP contribution < -0.4 is 5.32 Å². The lowest BCUT2D eigenvalue weighted by Crippen LogP contribution is -2.48. The minimum Gasteiger partial charge on any atom is -0.373 e. The number of carbonyl (C=O) groups is 2. The third-order valence-corrected chi connectivity index (χ3v) is 7.01. The quantitative estimate of drug-likeness (QED) is 0.617. The summed E-state index contributed by atoms with van der Waals surface area (Å²) in [5.41, 5.74) is -0.442. The summed E-state index contributed by atoms with van der Waals surface area (Å²) in [7, 11) is -2.47. The number of ether oxygens (including phenoxy) is 1. The fraction of sp³-hybridized carbons (Fsp3) is 0.364. The number of morpholine rings is 1. The highest BCUT2D eigenvalue weighted by molar-refractivity contribution is 7.89. The van der Waals surface area contributed by atoms with Crippen LogP contribution in [0.25, 0.3) is 0 Å². The van der Waals surface area contributed by atoms with Crippen LogP contribution in [0.2, 0.25) is 0 Å². The maximum absolute atomic E-state index is 13.7. The summed E-state index contributed by atoms with van der Waals surface area (Å²) < 4.78 is 72.8. The zero-order valence-corrected chi connectivity index (χ0v) is 19.5. The van der Waals surface area contributed by atoms with E-state index >= 15 is 0 Å². The van der Waals surface area contributed by atoms with Crippen LogP contribution in [0.1, 0.15) is 24.2 Å². The molecule has 0 aromatic heterocycles. The standard InChI is InChI=1S/C22H24F3N3O5S/c1-13-10-28(11-14(2)33-13)34(31,32)16-6-4-15(5-7-16)22(30)27(3)12-19(29)26-18-9-8-17(23)20(24)21(18)25/h4-9,13-14H,10-12H2,1-3H3,(H,26,29)/t13-,14-/m1/s1. The van der Waals surface area contributed by atoms with Gasteiger partial charge in [0.05, 0.1) is 29.3 Å². The third kappa shape index (κ3) is 5.57. The summed E-state index contributed by atoms with van der Waals surface area (Å²) in [5, 5.41) is 2.08. The van der Waals surface area contributed by atoms with Gasteiger partial charge in [0.2, 0.25) is 15.9 Å². The van der Waals surface area contributed by atoms with Crippen molar-refractivity contribution in [1.82, 2.24) is 9.21 Å². The summed E-state index contributed by atoms with van der Waals surface area (Å²) >= 11 is 0. The Bertz CT molecular complexity index is 1180. The first-order chi connectivity index (χ1) is 15.9. The summed E-state index contributed by atoms with van der Waals surface area (Å²) in [6.07, 6.45) is -0.502. The summed E-state index contributed by atoms with van der Waals surface area (Å²) in [4.78, 5) is 25.8. The summed E-state index contributed by atoms with van der Waals surface area (Å²) in [6.45, 7) is 3.48. The molecule has 2 aromatic rings. The molecular formula is C22H24F3N3O5S. The molecule has 12 heteroatoms. The second kappa shape index (κ2) is 10.1. The molecule has 1 fully saturated rings. The molecule has 0 spiro atoms. The average molecular weight is 500 g/mol. The number of carbonyl (C=O) groups excluding carboxylic acids is 2. The van der Waals surface area contributed by atoms with Crippen LogP contribution in [0.3, 0.4) is 0 Å². The Morgan fingerprint density at radius 2 is 1.62 bits per heavy atom. The number of hydrogen-bond donors (Lipinski definition) is 1. The first-order valence-corrected chi connectivity index (χ1v) is 11.8. The highest BCUT2D eigenvalue weighted by Crippen LogP contribution is 2.22. The predicted molar refractivity (Wildman–Crippen MR) is 117 cm³/mol. The smallest absolute Gasteiger partial charge is 0.254 e. The Morgan fingerprint density at radius 1 is 1.03 bits per heavy atom. The molecule has 0 saturated carbocycles. The molecule has 8 nitrogen and oxygen atoms in total. The molecule has 0 unspecified atom stereocenters. The van der Waals surface area contributed by atoms with Crippen molar-refractivity contribution in [3.8, 4) is 0 Å². The fourth-order valence-corrected chi connectivity index (χ4v) is 5.16. The Labute approximate surface area is 195 Å². The number of benzene rings is 2. The molecule has 1 N–H and O–H groups in total. The van der Waals surface area contributed by atoms with Crippen LogP contribution in [0, 0.1) is 17.5 Å². The van der Waals surface area contributed by atoms with Crippen molar-refractivity contribution in [2.75, 3.05) is 32.0 Å². The molecule has 0 radical (unpaired) electrons. The zero-order valence-electron chi connectivity index (χ0n) is 18.7. The first-order valence-electron chi connectivity index (χ1n) is 10.3. The van der Waals surface area contributed by atoms with Crippen LogP contribution in [0.15, 0.2) is 41.3 Å². The second-order valence-electron chi connectivity index (χ2n) is 8.04. The van der Waals surface area contributed by atoms with E-state index in [1.54, 1.807) is 13.8 Å². The van der Waals surface area contributed by atoms with Gasteiger partial charge >= 0.3 is 0 Å². The van der Waals surface area contributed by atoms with Gasteiger partial charge < -0.3 is 15.0 Å². The first kappa shape index (κ1) is 25.7. The number of amides is 2. The number of halogens is 3. The van der Waals surface area contributed by atoms with Crippen molar-refractivity contribution in [3.05, 3.63) is 59.4 Å². The monoisotopic (exact) mass is 499 g/mol. The molecule has 1 aliphatic rings. The van der Waals surface area contributed by atoms with Crippen LogP contribution in [-0.4, -0.2) is 68.3 Å². The molecule has 2 atom stereocenters. The van der Waals surface area contributed by atoms with Crippen molar-refractivity contribution in [2.45, 2.75) is 31.0 Å². The minimum absolute atomic E-state index is 0.0135. The Balaban J connectivity index is 1.66. The Morgan fingerprint density at radius 3 is 2.21 bits per heavy atom. The molecule has 1 aliphatic heterocycles. The number of nitrogens with zero attached hydrogens (tertiary/aromatic N) is 2. The molecular weight excluding hydrogens is 475 g/mol. The number of anilines is 1. The Kier molecular flexibility index (Phi) is 7.64. The average Bonchev–Trinajstić information content (AvgIpc) is 2.78. The van der Waals surface area contributed by atoms with Gasteiger partial charge in [-0.3, -0.25) is 9.59 Å². The van der Waals surface area contributed by atoms with Gasteiger partial charge in [0, 0.05) is 25.7 Å². The summed E-state index contributed by atoms with van der Waals surface area (Å²) in [5.74, 6) is -6.11. The van der Waals surface area contributed by atoms with Crippen LogP contribution >= 0.6 is 0 Å². The van der Waals surface area contributed by atoms with Crippen LogP contribution in [-0.2, 0) is 19.6 Å². The molecule has 2 amide bonds. The molecule has 3 rings (SSSR count). The van der Waals surface area contributed by atoms with Crippen molar-refractivity contribution in [3.63, 3.8) is 0 Å². The number of hydrogen-bond acceptors (Lipinski definition) is 5. The number of rotatable bonds is 6. The maximum Gasteiger partial charge on any atom is 0.254 e. The zero-order chi connectivity index (χ0) is 25.2. The van der Waals surface area contributed by atoms with Crippen molar-refractivity contribution < 1.29 is 35.9 Å². The van der Waals surface area contributed by atoms with E-state index in [-0.39, 0.29) is 35.8 Å². The highest BCUT2D eigenvalue weighted by Gasteiger charge is 2.32. The van der Waals surface area contributed by atoms with Gasteiger partial charge in [-0.05, 0) is 50.2 Å². The van der Waals surface area contributed by atoms with Crippen molar-refractivity contribution in [2.24, 2.45) is 0 Å². The van der Waals surface area contributed by atoms with E-state index in [4.69, 9.17) is 4.74 Å². The van der Waals surface area contributed by atoms with Gasteiger partial charge in [-0.2, -0.15) is 4.31 Å². The highest BCUT2D eigenvalue weighted by atomic mass is 32.2. The van der Waals surface area contributed by atoms with Crippen LogP contribution in [0.4, 0.5) is 18.9 Å². The lowest BCUT2D eigenvalue weighted by molar-refractivity contribution is -0.116. The van der Waals surface area contributed by atoms with Crippen molar-refractivity contribution in [1.29, 1.82) is 0 Å². The topological polar surface area (TPSA) is 96.0 Å². The minimum atomic E-state index is -3.78. The van der Waals surface area contributed by atoms with Crippen LogP contribution in [0.5, 0.6) is 0 Å². The number of nitrogens with one attached hydrogen (secondary N) is 1. The molecule has 2 aromatic carbocycles. The molecule has 0 aliphatic carbocycles. The van der Waals surface area contributed by atoms with E-state index < -0.39 is 51.5 Å².